The van der Waals surface area contributed by atoms with Crippen LogP contribution in [0.5, 0.6) is 0 Å². The van der Waals surface area contributed by atoms with Gasteiger partial charge in [-0.05, 0) is 115 Å². The van der Waals surface area contributed by atoms with E-state index in [1.807, 2.05) is 49.4 Å². The number of hydrogen-bond donors (Lipinski definition) is 4. The number of aryl methyl sites for hydroxylation is 6. The van der Waals surface area contributed by atoms with Gasteiger partial charge in [-0.15, -0.1) is 0 Å². The Kier molecular flexibility index (Phi) is 17.2. The molecule has 61 heavy (non-hydrogen) atoms. The number of nitrogen functional groups attached to an aromatic ring is 1. The molecular formula is C53H58Cl2N4OZn. The Morgan fingerprint density at radius 1 is 0.541 bits per heavy atom. The van der Waals surface area contributed by atoms with Crippen LogP contribution in [0, 0.1) is 20.8 Å². The van der Waals surface area contributed by atoms with Gasteiger partial charge in [-0.2, -0.15) is 0 Å². The Balaban J connectivity index is 0.000000154. The predicted octanol–water partition coefficient (Wildman–Crippen LogP) is 13.9. The Bertz CT molecular complexity index is 2700. The number of benzene rings is 6. The summed E-state index contributed by atoms with van der Waals surface area (Å²) in [6.07, 6.45) is 6.70. The number of fused-ring (bicyclic) bond motifs is 10. The molecular weight excluding hydrogens is 845 g/mol. The fraction of sp³-hybridized carbons (Fsp3) is 0.226. The Labute approximate surface area is 378 Å². The normalized spacial score (nSPS) is 12.3. The number of halogens is 2. The number of H-pyrrole nitrogens is 2. The molecule has 0 radical (unpaired) electrons. The van der Waals surface area contributed by atoms with E-state index in [1.54, 1.807) is 0 Å². The number of nitrogens with one attached hydrogen (secondary N) is 3. The first-order valence-electron chi connectivity index (χ1n) is 20.3. The van der Waals surface area contributed by atoms with E-state index in [0.717, 1.165) is 44.2 Å². The average molecular weight is 903 g/mol. The van der Waals surface area contributed by atoms with Crippen molar-refractivity contribution < 1.29 is 19.9 Å². The molecule has 0 unspecified atom stereocenters. The van der Waals surface area contributed by atoms with E-state index in [9.17, 15) is 4.79 Å². The SMILES string of the molecule is C.C.Cc1ccc(NN)cc1.Cc1ccc2[nH]c3c(c2c1)-c1ccccc1CC3.Cc1ccc2[nH]c3c(c2c1)Cc1ccccc1C3.O=C1CCc2ccccc2C1.[Cl][Zn][Cl]. The molecule has 5 N–H and O–H groups in total. The summed E-state index contributed by atoms with van der Waals surface area (Å²) in [5.74, 6) is 5.53. The van der Waals surface area contributed by atoms with Crippen molar-refractivity contribution >= 4 is 52.7 Å². The molecule has 0 fully saturated rings. The number of aromatic nitrogens is 2. The molecule has 0 saturated carbocycles. The first-order chi connectivity index (χ1) is 28.7. The first-order valence-corrected chi connectivity index (χ1v) is 28.1. The maximum absolute atomic E-state index is 11.0. The molecule has 2 aromatic heterocycles. The van der Waals surface area contributed by atoms with Crippen LogP contribution in [0.15, 0.2) is 133 Å². The topological polar surface area (TPSA) is 86.7 Å². The standard InChI is InChI=1S/2C17H15N.C10H10O.C7H10N2.2CH4.2ClH.Zn/c1-11-6-8-15-14(10-11)17-13-5-3-2-4-12(13)7-9-16(17)18-15;1-11-6-7-16-14(8-11)15-9-12-4-2-3-5-13(12)10-17(15)18-16;11-10-6-5-8-3-1-2-4-9(8)7-10;1-6-2-4-7(9-8)5-3-6;;;;;/h2-6,8,10,18H,7,9H2,1H3;2-8,18H,9-10H2,1H3;1-4H,5-7H2;2-5,9H,8H2,1H3;2*1H4;2*1H;/q;;;;;;;;+2/p-2. The van der Waals surface area contributed by atoms with Crippen LogP contribution in [0.3, 0.4) is 0 Å². The van der Waals surface area contributed by atoms with Crippen LogP contribution in [-0.2, 0) is 58.5 Å². The van der Waals surface area contributed by atoms with Gasteiger partial charge in [0.1, 0.15) is 5.78 Å². The number of ketones is 1. The summed E-state index contributed by atoms with van der Waals surface area (Å²) >= 11 is -0.931. The molecule has 2 heterocycles. The van der Waals surface area contributed by atoms with E-state index in [4.69, 9.17) is 25.2 Å². The Hall–Kier alpha value is -4.97. The second kappa shape index (κ2) is 22.2. The number of carbonyl (C=O) groups excluding carboxylic acids is 1. The fourth-order valence-corrected chi connectivity index (χ4v) is 8.35. The van der Waals surface area contributed by atoms with Crippen molar-refractivity contribution in [3.05, 3.63) is 195 Å². The molecule has 0 saturated heterocycles. The van der Waals surface area contributed by atoms with Gasteiger partial charge in [0.25, 0.3) is 0 Å². The number of aromatic amines is 2. The molecule has 6 aromatic carbocycles. The van der Waals surface area contributed by atoms with Crippen LogP contribution >= 0.6 is 19.4 Å². The summed E-state index contributed by atoms with van der Waals surface area (Å²) in [6, 6.07) is 47.0. The van der Waals surface area contributed by atoms with E-state index in [1.165, 1.54) is 94.4 Å². The van der Waals surface area contributed by atoms with Crippen LogP contribution in [0.25, 0.3) is 32.9 Å². The van der Waals surface area contributed by atoms with Gasteiger partial charge in [-0.25, -0.2) is 0 Å². The van der Waals surface area contributed by atoms with Crippen molar-refractivity contribution in [2.75, 3.05) is 5.43 Å². The first kappa shape index (κ1) is 47.1. The quantitative estimate of drug-likeness (QED) is 0.0752. The summed E-state index contributed by atoms with van der Waals surface area (Å²) in [5, 5.41) is 2.77. The molecule has 8 heteroatoms. The van der Waals surface area contributed by atoms with Gasteiger partial charge in [0.05, 0.1) is 0 Å². The molecule has 8 aromatic rings. The molecule has 0 aliphatic heterocycles. The minimum absolute atomic E-state index is 0. The van der Waals surface area contributed by atoms with E-state index >= 15 is 0 Å². The number of anilines is 1. The number of rotatable bonds is 1. The van der Waals surface area contributed by atoms with Crippen LogP contribution in [0.1, 0.15) is 82.7 Å². The number of hydrogen-bond acceptors (Lipinski definition) is 3. The molecule has 11 rings (SSSR count). The molecule has 3 aliphatic carbocycles. The summed E-state index contributed by atoms with van der Waals surface area (Å²) in [5.41, 5.74) is 24.1. The van der Waals surface area contributed by atoms with Gasteiger partial charge in [0.2, 0.25) is 0 Å². The van der Waals surface area contributed by atoms with Crippen molar-refractivity contribution in [1.29, 1.82) is 0 Å². The summed E-state index contributed by atoms with van der Waals surface area (Å²) in [4.78, 5) is 18.2. The van der Waals surface area contributed by atoms with Crippen molar-refractivity contribution in [2.24, 2.45) is 5.84 Å². The zero-order chi connectivity index (χ0) is 41.3. The second-order valence-corrected chi connectivity index (χ2v) is 20.2. The van der Waals surface area contributed by atoms with Gasteiger partial charge in [0.15, 0.2) is 0 Å². The fourth-order valence-electron chi connectivity index (χ4n) is 8.35. The average Bonchev–Trinajstić information content (AvgIpc) is 3.81. The van der Waals surface area contributed by atoms with Crippen LogP contribution in [-0.4, -0.2) is 15.8 Å². The van der Waals surface area contributed by atoms with Gasteiger partial charge in [0, 0.05) is 70.1 Å². The number of carbonyl (C=O) groups is 1. The molecule has 312 valence electrons. The molecule has 0 spiro atoms. The minimum atomic E-state index is -0.931. The monoisotopic (exact) mass is 900 g/mol. The van der Waals surface area contributed by atoms with E-state index in [0.29, 0.717) is 12.2 Å². The van der Waals surface area contributed by atoms with Crippen molar-refractivity contribution in [1.82, 2.24) is 9.97 Å². The maximum atomic E-state index is 11.0. The Morgan fingerprint density at radius 2 is 1.03 bits per heavy atom. The summed E-state index contributed by atoms with van der Waals surface area (Å²) < 4.78 is 0. The third-order valence-corrected chi connectivity index (χ3v) is 11.4. The molecule has 0 bridgehead atoms. The Morgan fingerprint density at radius 3 is 1.67 bits per heavy atom. The summed E-state index contributed by atoms with van der Waals surface area (Å²) in [6.45, 7) is 6.36. The summed E-state index contributed by atoms with van der Waals surface area (Å²) in [7, 11) is 9.90. The van der Waals surface area contributed by atoms with Gasteiger partial charge < -0.3 is 15.4 Å². The molecule has 0 amide bonds. The third-order valence-electron chi connectivity index (χ3n) is 11.4. The van der Waals surface area contributed by atoms with E-state index in [-0.39, 0.29) is 14.9 Å². The third kappa shape index (κ3) is 11.5. The number of nitrogens with two attached hydrogens (primary N) is 1. The van der Waals surface area contributed by atoms with Crippen LogP contribution in [0.2, 0.25) is 0 Å². The molecule has 5 nitrogen and oxygen atoms in total. The second-order valence-electron chi connectivity index (χ2n) is 15.5. The van der Waals surface area contributed by atoms with E-state index < -0.39 is 15.1 Å². The van der Waals surface area contributed by atoms with E-state index in [2.05, 4.69) is 120 Å². The van der Waals surface area contributed by atoms with Crippen LogP contribution in [0.4, 0.5) is 5.69 Å². The van der Waals surface area contributed by atoms with Crippen molar-refractivity contribution in [2.45, 2.75) is 80.6 Å². The predicted molar refractivity (Wildman–Crippen MR) is 259 cm³/mol. The van der Waals surface area contributed by atoms with Gasteiger partial charge in [-0.1, -0.05) is 129 Å². The van der Waals surface area contributed by atoms with Crippen molar-refractivity contribution in [3.63, 3.8) is 0 Å². The van der Waals surface area contributed by atoms with Gasteiger partial charge in [-0.3, -0.25) is 10.6 Å². The zero-order valence-electron chi connectivity index (χ0n) is 34.1. The van der Waals surface area contributed by atoms with Gasteiger partial charge >= 0.3 is 34.5 Å². The molecule has 3 aliphatic rings. The van der Waals surface area contributed by atoms with Crippen molar-refractivity contribution in [3.8, 4) is 11.1 Å². The molecule has 0 atom stereocenters. The zero-order valence-corrected chi connectivity index (χ0v) is 38.6. The number of hydrazine groups is 1. The van der Waals surface area contributed by atoms with Crippen LogP contribution < -0.4 is 11.3 Å². The number of Topliss-reactive ketones (excluding diaryl/α,β-unsaturated/α-hetero) is 1.